The molecule has 0 fully saturated rings. The molecule has 2 heterocycles. The highest BCUT2D eigenvalue weighted by Gasteiger charge is 2.16. The van der Waals surface area contributed by atoms with Gasteiger partial charge >= 0.3 is 0 Å². The predicted molar refractivity (Wildman–Crippen MR) is 101 cm³/mol. The van der Waals surface area contributed by atoms with E-state index in [1.165, 1.54) is 14.2 Å². The fourth-order valence-corrected chi connectivity index (χ4v) is 2.69. The van der Waals surface area contributed by atoms with Crippen LogP contribution in [-0.2, 0) is 19.6 Å². The number of aromatic nitrogens is 6. The van der Waals surface area contributed by atoms with Crippen molar-refractivity contribution in [1.82, 2.24) is 30.2 Å². The number of tetrazole rings is 1. The molecule has 0 aliphatic rings. The van der Waals surface area contributed by atoms with E-state index in [1.54, 1.807) is 6.07 Å². The van der Waals surface area contributed by atoms with Crippen LogP contribution in [0.15, 0.2) is 18.2 Å². The molecular weight excluding hydrogens is 382 g/mol. The lowest BCUT2D eigenvalue weighted by Gasteiger charge is -2.16. The number of rotatable bonds is 9. The van der Waals surface area contributed by atoms with Crippen LogP contribution in [0.25, 0.3) is 0 Å². The Morgan fingerprint density at radius 1 is 1.07 bits per heavy atom. The number of nitrogens with zero attached hydrogens (tertiary/aromatic N) is 6. The van der Waals surface area contributed by atoms with Crippen LogP contribution in [0.4, 0.5) is 16.2 Å². The van der Waals surface area contributed by atoms with Crippen molar-refractivity contribution >= 4 is 11.8 Å². The average Bonchev–Trinajstić information content (AvgIpc) is 3.15. The second kappa shape index (κ2) is 8.99. The Morgan fingerprint density at radius 2 is 1.79 bits per heavy atom. The zero-order valence-electron chi connectivity index (χ0n) is 16.0. The van der Waals surface area contributed by atoms with E-state index in [2.05, 4.69) is 25.4 Å². The van der Waals surface area contributed by atoms with Gasteiger partial charge in [0, 0.05) is 18.9 Å². The molecule has 0 radical (unpaired) electrons. The molecule has 0 aliphatic carbocycles. The Morgan fingerprint density at radius 3 is 2.38 bits per heavy atom. The summed E-state index contributed by atoms with van der Waals surface area (Å²) >= 11 is 0. The molecule has 0 atom stereocenters. The fraction of sp³-hybridized carbons (Fsp3) is 0.353. The maximum absolute atomic E-state index is 12.5. The third-order valence-corrected chi connectivity index (χ3v) is 3.90. The van der Waals surface area contributed by atoms with Gasteiger partial charge in [-0.05, 0) is 22.9 Å². The molecule has 3 rings (SSSR count). The number of hydrogen-bond acceptors (Lipinski definition) is 10. The van der Waals surface area contributed by atoms with Crippen LogP contribution in [-0.4, -0.2) is 51.0 Å². The summed E-state index contributed by atoms with van der Waals surface area (Å²) in [7, 11) is 3.06. The summed E-state index contributed by atoms with van der Waals surface area (Å²) in [6.45, 7) is -0.608. The number of halogens is 1. The van der Waals surface area contributed by atoms with Gasteiger partial charge in [0.25, 0.3) is 0 Å². The van der Waals surface area contributed by atoms with E-state index in [4.69, 9.17) is 25.7 Å². The molecule has 0 bridgehead atoms. The monoisotopic (exact) mass is 403 g/mol. The predicted octanol–water partition coefficient (Wildman–Crippen LogP) is 0.784. The molecule has 0 unspecified atom stereocenters. The van der Waals surface area contributed by atoms with Gasteiger partial charge in [-0.15, -0.1) is 15.0 Å². The molecule has 0 aliphatic heterocycles. The molecule has 29 heavy (non-hydrogen) atoms. The van der Waals surface area contributed by atoms with Crippen molar-refractivity contribution in [3.05, 3.63) is 35.3 Å². The number of benzene rings is 1. The topological polar surface area (TPSA) is 149 Å². The highest BCUT2D eigenvalue weighted by molar-refractivity contribution is 5.54. The van der Waals surface area contributed by atoms with Crippen LogP contribution < -0.4 is 25.7 Å². The maximum Gasteiger partial charge on any atom is 0.222 e. The van der Waals surface area contributed by atoms with Crippen molar-refractivity contribution in [1.29, 1.82) is 0 Å². The maximum atomic E-state index is 12.5. The first-order valence-electron chi connectivity index (χ1n) is 8.61. The summed E-state index contributed by atoms with van der Waals surface area (Å²) in [6.07, 6.45) is 0.785. The third-order valence-electron chi connectivity index (χ3n) is 3.90. The lowest BCUT2D eigenvalue weighted by molar-refractivity contribution is 0.274. The van der Waals surface area contributed by atoms with Crippen LogP contribution in [0.3, 0.4) is 0 Å². The van der Waals surface area contributed by atoms with Crippen molar-refractivity contribution < 1.29 is 18.6 Å². The highest BCUT2D eigenvalue weighted by Crippen LogP contribution is 2.39. The van der Waals surface area contributed by atoms with Crippen molar-refractivity contribution in [2.75, 3.05) is 32.3 Å². The van der Waals surface area contributed by atoms with Crippen LogP contribution in [0.1, 0.15) is 17.1 Å². The van der Waals surface area contributed by atoms with Gasteiger partial charge < -0.3 is 25.7 Å². The summed E-state index contributed by atoms with van der Waals surface area (Å²) in [5.74, 6) is 2.17. The summed E-state index contributed by atoms with van der Waals surface area (Å²) < 4.78 is 29.2. The van der Waals surface area contributed by atoms with Crippen molar-refractivity contribution in [2.24, 2.45) is 0 Å². The lowest BCUT2D eigenvalue weighted by Crippen LogP contribution is -2.07. The summed E-state index contributed by atoms with van der Waals surface area (Å²) in [4.78, 5) is 8.90. The molecule has 0 saturated carbocycles. The Labute approximate surface area is 165 Å². The summed E-state index contributed by atoms with van der Waals surface area (Å²) in [5, 5.41) is 11.2. The van der Waals surface area contributed by atoms with Crippen molar-refractivity contribution in [3.8, 4) is 17.2 Å². The minimum atomic E-state index is -0.833. The molecule has 12 heteroatoms. The zero-order chi connectivity index (χ0) is 20.8. The second-order valence-corrected chi connectivity index (χ2v) is 5.94. The van der Waals surface area contributed by atoms with Crippen molar-refractivity contribution in [3.63, 3.8) is 0 Å². The number of hydrogen-bond donors (Lipinski definition) is 2. The molecule has 0 spiro atoms. The first-order chi connectivity index (χ1) is 14.0. The van der Waals surface area contributed by atoms with E-state index in [-0.39, 0.29) is 12.6 Å². The summed E-state index contributed by atoms with van der Waals surface area (Å²) in [6, 6.07) is 5.27. The molecule has 154 valence electrons. The quantitative estimate of drug-likeness (QED) is 0.525. The second-order valence-electron chi connectivity index (χ2n) is 5.94. The first-order valence-corrected chi connectivity index (χ1v) is 8.61. The number of methoxy groups -OCH3 is 2. The number of anilines is 2. The minimum absolute atomic E-state index is 0.109. The number of alkyl halides is 1. The third kappa shape index (κ3) is 4.97. The van der Waals surface area contributed by atoms with Gasteiger partial charge in [0.15, 0.2) is 17.3 Å². The Hall–Kier alpha value is -3.70. The smallest absolute Gasteiger partial charge is 0.222 e. The highest BCUT2D eigenvalue weighted by atomic mass is 18.2. The van der Waals surface area contributed by atoms with Gasteiger partial charge in [-0.2, -0.15) is 4.98 Å². The van der Waals surface area contributed by atoms with Gasteiger partial charge in [0.2, 0.25) is 18.5 Å². The van der Waals surface area contributed by atoms with E-state index in [0.29, 0.717) is 47.4 Å². The molecule has 11 nitrogen and oxygen atoms in total. The molecule has 2 aromatic heterocycles. The van der Waals surface area contributed by atoms with Crippen molar-refractivity contribution in [2.45, 2.75) is 19.6 Å². The molecule has 0 amide bonds. The van der Waals surface area contributed by atoms with Gasteiger partial charge in [0.1, 0.15) is 5.82 Å². The lowest BCUT2D eigenvalue weighted by atomic mass is 10.1. The fourth-order valence-electron chi connectivity index (χ4n) is 2.69. The number of ether oxygens (including phenoxy) is 3. The molecule has 4 N–H and O–H groups in total. The largest absolute Gasteiger partial charge is 0.493 e. The first kappa shape index (κ1) is 20.0. The van der Waals surface area contributed by atoms with Crippen LogP contribution >= 0.6 is 0 Å². The van der Waals surface area contributed by atoms with E-state index < -0.39 is 6.80 Å². The van der Waals surface area contributed by atoms with Gasteiger partial charge in [-0.3, -0.25) is 0 Å². The van der Waals surface area contributed by atoms with Gasteiger partial charge in [0.05, 0.1) is 26.5 Å². The van der Waals surface area contributed by atoms with E-state index in [9.17, 15) is 4.39 Å². The van der Waals surface area contributed by atoms with Crippen LogP contribution in [0.5, 0.6) is 17.2 Å². The molecule has 3 aromatic rings. The Kier molecular flexibility index (Phi) is 6.22. The number of nitrogens with two attached hydrogens (primary N) is 2. The van der Waals surface area contributed by atoms with Gasteiger partial charge in [-0.25, -0.2) is 9.37 Å². The SMILES string of the molecule is COc1cc(Cc2cc(N)nc(N)n2)cc(OC)c1OCCc1nnn(C[18F])n1. The summed E-state index contributed by atoms with van der Waals surface area (Å²) in [5.41, 5.74) is 12.9. The molecule has 0 saturated heterocycles. The van der Waals surface area contributed by atoms with Gasteiger partial charge in [-0.1, -0.05) is 0 Å². The normalized spacial score (nSPS) is 10.7. The van der Waals surface area contributed by atoms with Crippen LogP contribution in [0.2, 0.25) is 0 Å². The Balaban J connectivity index is 1.76. The molecular formula is C17H21FN8O3. The average molecular weight is 403 g/mol. The van der Waals surface area contributed by atoms with E-state index in [1.807, 2.05) is 12.1 Å². The minimum Gasteiger partial charge on any atom is -0.493 e. The standard InChI is InChI=1S/C17H21FN8O3/c1-27-12-6-10(5-11-8-14(19)22-17(20)21-11)7-13(28-2)16(12)29-4-3-15-23-25-26(9-18)24-15/h6-8H,3-5,9H2,1-2H3,(H4,19,20,21,22)/i18-1. The Bertz CT molecular complexity index is 936. The van der Waals surface area contributed by atoms with E-state index >= 15 is 0 Å². The molecule has 1 aromatic carbocycles. The zero-order valence-corrected chi connectivity index (χ0v) is 16.0. The van der Waals surface area contributed by atoms with E-state index in [0.717, 1.165) is 10.4 Å². The number of nitrogen functional groups attached to an aromatic ring is 2. The van der Waals surface area contributed by atoms with Crippen LogP contribution in [0, 0.1) is 0 Å².